The highest BCUT2D eigenvalue weighted by Gasteiger charge is 2.36. The molecule has 1 aromatic carbocycles. The van der Waals surface area contributed by atoms with Gasteiger partial charge >= 0.3 is 0 Å². The van der Waals surface area contributed by atoms with Gasteiger partial charge in [-0.15, -0.1) is 0 Å². The van der Waals surface area contributed by atoms with Gasteiger partial charge in [0.15, 0.2) is 0 Å². The predicted molar refractivity (Wildman–Crippen MR) is 84.3 cm³/mol. The van der Waals surface area contributed by atoms with E-state index in [1.807, 2.05) is 29.3 Å². The molecule has 22 heavy (non-hydrogen) atoms. The van der Waals surface area contributed by atoms with E-state index in [0.717, 1.165) is 24.0 Å². The van der Waals surface area contributed by atoms with Crippen LogP contribution in [0.1, 0.15) is 36.9 Å². The van der Waals surface area contributed by atoms with Gasteiger partial charge in [0.2, 0.25) is 5.91 Å². The van der Waals surface area contributed by atoms with Crippen LogP contribution in [-0.4, -0.2) is 26.9 Å². The standard InChI is InChI=1S/C18H20N2O2/c1-13(15-5-3-9-19-12-15)20(16-7-8-16)18(22)11-14-4-2-6-17(21)10-14/h2-6,9-10,12-13,16,21H,7-8,11H2,1H3. The van der Waals surface area contributed by atoms with Crippen LogP contribution in [0, 0.1) is 0 Å². The first kappa shape index (κ1) is 14.6. The largest absolute Gasteiger partial charge is 0.508 e. The number of carbonyl (C=O) groups is 1. The lowest BCUT2D eigenvalue weighted by molar-refractivity contribution is -0.133. The molecule has 4 heteroatoms. The number of benzene rings is 1. The number of aromatic nitrogens is 1. The quantitative estimate of drug-likeness (QED) is 0.922. The van der Waals surface area contributed by atoms with Crippen LogP contribution in [0.2, 0.25) is 0 Å². The van der Waals surface area contributed by atoms with Crippen molar-refractivity contribution in [2.45, 2.75) is 38.3 Å². The number of aromatic hydroxyl groups is 1. The maximum atomic E-state index is 12.7. The predicted octanol–water partition coefficient (Wildman–Crippen LogP) is 3.08. The summed E-state index contributed by atoms with van der Waals surface area (Å²) >= 11 is 0. The second-order valence-corrected chi connectivity index (χ2v) is 5.84. The summed E-state index contributed by atoms with van der Waals surface area (Å²) in [6.07, 6.45) is 6.01. The number of carbonyl (C=O) groups excluding carboxylic acids is 1. The van der Waals surface area contributed by atoms with Crippen LogP contribution in [0.5, 0.6) is 5.75 Å². The van der Waals surface area contributed by atoms with Crippen LogP contribution < -0.4 is 0 Å². The molecule has 1 atom stereocenters. The Morgan fingerprint density at radius 3 is 2.82 bits per heavy atom. The molecule has 1 aromatic heterocycles. The first-order chi connectivity index (χ1) is 10.6. The van der Waals surface area contributed by atoms with Gasteiger partial charge in [-0.05, 0) is 49.1 Å². The topological polar surface area (TPSA) is 53.4 Å². The van der Waals surface area contributed by atoms with E-state index in [9.17, 15) is 9.90 Å². The second-order valence-electron chi connectivity index (χ2n) is 5.84. The van der Waals surface area contributed by atoms with Crippen molar-refractivity contribution in [1.29, 1.82) is 0 Å². The van der Waals surface area contributed by atoms with E-state index in [2.05, 4.69) is 11.9 Å². The molecule has 3 rings (SSSR count). The van der Waals surface area contributed by atoms with E-state index in [1.165, 1.54) is 0 Å². The highest BCUT2D eigenvalue weighted by Crippen LogP contribution is 2.34. The normalized spacial score (nSPS) is 15.3. The van der Waals surface area contributed by atoms with Crippen LogP contribution in [0.4, 0.5) is 0 Å². The van der Waals surface area contributed by atoms with Crippen molar-refractivity contribution in [2.24, 2.45) is 0 Å². The van der Waals surface area contributed by atoms with Gasteiger partial charge in [0, 0.05) is 18.4 Å². The monoisotopic (exact) mass is 296 g/mol. The van der Waals surface area contributed by atoms with Crippen LogP contribution in [0.3, 0.4) is 0 Å². The Morgan fingerprint density at radius 2 is 2.18 bits per heavy atom. The van der Waals surface area contributed by atoms with Crippen molar-refractivity contribution in [3.63, 3.8) is 0 Å². The molecule has 0 spiro atoms. The Hall–Kier alpha value is -2.36. The van der Waals surface area contributed by atoms with Gasteiger partial charge in [-0.25, -0.2) is 0 Å². The zero-order chi connectivity index (χ0) is 15.5. The first-order valence-electron chi connectivity index (χ1n) is 7.64. The third-order valence-electron chi connectivity index (χ3n) is 4.08. The van der Waals surface area contributed by atoms with Crippen molar-refractivity contribution in [3.05, 3.63) is 59.9 Å². The number of amides is 1. The van der Waals surface area contributed by atoms with Gasteiger partial charge in [0.25, 0.3) is 0 Å². The molecule has 1 aliphatic rings. The molecule has 0 saturated heterocycles. The lowest BCUT2D eigenvalue weighted by Crippen LogP contribution is -2.36. The van der Waals surface area contributed by atoms with Gasteiger partial charge < -0.3 is 10.0 Å². The number of phenols is 1. The molecule has 1 heterocycles. The van der Waals surface area contributed by atoms with E-state index in [0.29, 0.717) is 12.5 Å². The van der Waals surface area contributed by atoms with Crippen molar-refractivity contribution < 1.29 is 9.90 Å². The molecule has 0 bridgehead atoms. The summed E-state index contributed by atoms with van der Waals surface area (Å²) in [6.45, 7) is 2.05. The fourth-order valence-electron chi connectivity index (χ4n) is 2.80. The maximum Gasteiger partial charge on any atom is 0.227 e. The molecule has 1 N–H and O–H groups in total. The summed E-state index contributed by atoms with van der Waals surface area (Å²) in [7, 11) is 0. The second kappa shape index (κ2) is 6.18. The minimum absolute atomic E-state index is 0.0195. The summed E-state index contributed by atoms with van der Waals surface area (Å²) in [5.74, 6) is 0.299. The Bertz CT molecular complexity index is 653. The van der Waals surface area contributed by atoms with Crippen LogP contribution in [0.15, 0.2) is 48.8 Å². The maximum absolute atomic E-state index is 12.7. The number of rotatable bonds is 5. The van der Waals surface area contributed by atoms with Crippen molar-refractivity contribution in [1.82, 2.24) is 9.88 Å². The van der Waals surface area contributed by atoms with Crippen LogP contribution in [0.25, 0.3) is 0 Å². The first-order valence-corrected chi connectivity index (χ1v) is 7.64. The van der Waals surface area contributed by atoms with Gasteiger partial charge in [0.05, 0.1) is 12.5 Å². The number of hydrogen-bond acceptors (Lipinski definition) is 3. The molecule has 1 aliphatic carbocycles. The number of nitrogens with zero attached hydrogens (tertiary/aromatic N) is 2. The SMILES string of the molecule is CC(c1cccnc1)N(C(=O)Cc1cccc(O)c1)C1CC1. The molecular formula is C18H20N2O2. The van der Waals surface area contributed by atoms with Crippen molar-refractivity contribution in [3.8, 4) is 5.75 Å². The van der Waals surface area contributed by atoms with Gasteiger partial charge in [-0.1, -0.05) is 18.2 Å². The Morgan fingerprint density at radius 1 is 1.36 bits per heavy atom. The number of phenolic OH excluding ortho intramolecular Hbond substituents is 1. The van der Waals surface area contributed by atoms with E-state index in [-0.39, 0.29) is 17.7 Å². The Labute approximate surface area is 130 Å². The fourth-order valence-corrected chi connectivity index (χ4v) is 2.80. The molecular weight excluding hydrogens is 276 g/mol. The lowest BCUT2D eigenvalue weighted by atomic mass is 10.1. The van der Waals surface area contributed by atoms with E-state index in [1.54, 1.807) is 24.4 Å². The Kier molecular flexibility index (Phi) is 4.09. The van der Waals surface area contributed by atoms with Gasteiger partial charge in [-0.3, -0.25) is 9.78 Å². The smallest absolute Gasteiger partial charge is 0.227 e. The zero-order valence-electron chi connectivity index (χ0n) is 12.6. The zero-order valence-corrected chi connectivity index (χ0v) is 12.6. The molecule has 0 aliphatic heterocycles. The average molecular weight is 296 g/mol. The average Bonchev–Trinajstić information content (AvgIpc) is 3.33. The minimum Gasteiger partial charge on any atom is -0.508 e. The third kappa shape index (κ3) is 3.27. The van der Waals surface area contributed by atoms with E-state index < -0.39 is 0 Å². The van der Waals surface area contributed by atoms with Crippen LogP contribution in [-0.2, 0) is 11.2 Å². The molecule has 4 nitrogen and oxygen atoms in total. The number of hydrogen-bond donors (Lipinski definition) is 1. The number of pyridine rings is 1. The molecule has 1 amide bonds. The summed E-state index contributed by atoms with van der Waals surface area (Å²) in [4.78, 5) is 18.9. The molecule has 1 fully saturated rings. The molecule has 1 unspecified atom stereocenters. The highest BCUT2D eigenvalue weighted by atomic mass is 16.3. The van der Waals surface area contributed by atoms with Crippen LogP contribution >= 0.6 is 0 Å². The summed E-state index contributed by atoms with van der Waals surface area (Å²) < 4.78 is 0. The van der Waals surface area contributed by atoms with Crippen molar-refractivity contribution in [2.75, 3.05) is 0 Å². The van der Waals surface area contributed by atoms with E-state index >= 15 is 0 Å². The van der Waals surface area contributed by atoms with E-state index in [4.69, 9.17) is 0 Å². The molecule has 2 aromatic rings. The summed E-state index contributed by atoms with van der Waals surface area (Å²) in [5.41, 5.74) is 1.90. The molecule has 114 valence electrons. The summed E-state index contributed by atoms with van der Waals surface area (Å²) in [6, 6.07) is 11.2. The van der Waals surface area contributed by atoms with Gasteiger partial charge in [-0.2, -0.15) is 0 Å². The van der Waals surface area contributed by atoms with Crippen molar-refractivity contribution >= 4 is 5.91 Å². The highest BCUT2D eigenvalue weighted by molar-refractivity contribution is 5.80. The summed E-state index contributed by atoms with van der Waals surface area (Å²) in [5, 5.41) is 9.54. The Balaban J connectivity index is 1.77. The third-order valence-corrected chi connectivity index (χ3v) is 4.08. The minimum atomic E-state index is 0.0195. The molecule has 0 radical (unpaired) electrons. The molecule has 1 saturated carbocycles. The lowest BCUT2D eigenvalue weighted by Gasteiger charge is -2.29. The van der Waals surface area contributed by atoms with Gasteiger partial charge in [0.1, 0.15) is 5.75 Å². The fraction of sp³-hybridized carbons (Fsp3) is 0.333.